The highest BCUT2D eigenvalue weighted by molar-refractivity contribution is 7.80. The van der Waals surface area contributed by atoms with E-state index in [4.69, 9.17) is 18.0 Å². The Morgan fingerprint density at radius 1 is 1.53 bits per heavy atom. The van der Waals surface area contributed by atoms with E-state index < -0.39 is 5.82 Å². The van der Waals surface area contributed by atoms with Gasteiger partial charge in [0.1, 0.15) is 10.8 Å². The van der Waals surface area contributed by atoms with Gasteiger partial charge in [0.15, 0.2) is 0 Å². The zero-order chi connectivity index (χ0) is 13.8. The van der Waals surface area contributed by atoms with Gasteiger partial charge in [0, 0.05) is 18.4 Å². The molecule has 6 heteroatoms. The molecule has 0 amide bonds. The third-order valence-electron chi connectivity index (χ3n) is 2.68. The normalized spacial score (nSPS) is 10.4. The van der Waals surface area contributed by atoms with Crippen molar-refractivity contribution in [3.63, 3.8) is 0 Å². The number of nitrogens with zero attached hydrogens (tertiary/aromatic N) is 2. The Kier molecular flexibility index (Phi) is 4.11. The summed E-state index contributed by atoms with van der Waals surface area (Å²) in [4.78, 5) is 0.0514. The summed E-state index contributed by atoms with van der Waals surface area (Å²) in [5, 5.41) is 7.30. The molecule has 0 saturated heterocycles. The van der Waals surface area contributed by atoms with Crippen molar-refractivity contribution in [1.82, 2.24) is 9.78 Å². The molecule has 1 aromatic carbocycles. The molecule has 0 spiro atoms. The molecule has 2 rings (SSSR count). The van der Waals surface area contributed by atoms with Gasteiger partial charge in [-0.2, -0.15) is 5.10 Å². The first-order valence-corrected chi connectivity index (χ1v) is 6.30. The van der Waals surface area contributed by atoms with Crippen molar-refractivity contribution in [2.24, 2.45) is 5.73 Å². The van der Waals surface area contributed by atoms with E-state index in [1.54, 1.807) is 18.3 Å². The Balaban J connectivity index is 2.03. The Morgan fingerprint density at radius 3 is 2.95 bits per heavy atom. The van der Waals surface area contributed by atoms with Crippen molar-refractivity contribution in [2.45, 2.75) is 13.5 Å². The summed E-state index contributed by atoms with van der Waals surface area (Å²) in [6.07, 6.45) is 3.74. The van der Waals surface area contributed by atoms with E-state index in [0.29, 0.717) is 18.8 Å². The zero-order valence-corrected chi connectivity index (χ0v) is 11.4. The van der Waals surface area contributed by atoms with Gasteiger partial charge >= 0.3 is 0 Å². The van der Waals surface area contributed by atoms with Crippen molar-refractivity contribution >= 4 is 22.9 Å². The maximum atomic E-state index is 13.6. The zero-order valence-electron chi connectivity index (χ0n) is 10.6. The van der Waals surface area contributed by atoms with Crippen LogP contribution in [-0.2, 0) is 6.54 Å². The molecule has 0 fully saturated rings. The average molecular weight is 278 g/mol. The van der Waals surface area contributed by atoms with Crippen LogP contribution in [0.2, 0.25) is 0 Å². The fourth-order valence-corrected chi connectivity index (χ4v) is 2.02. The lowest BCUT2D eigenvalue weighted by atomic mass is 10.1. The maximum absolute atomic E-state index is 13.6. The summed E-state index contributed by atoms with van der Waals surface area (Å²) >= 11 is 4.86. The SMILES string of the molecule is Cc1cnn(CCNc2cccc(F)c2C(N)=S)c1. The van der Waals surface area contributed by atoms with Gasteiger partial charge in [-0.05, 0) is 24.6 Å². The first-order chi connectivity index (χ1) is 9.08. The van der Waals surface area contributed by atoms with Crippen molar-refractivity contribution in [3.05, 3.63) is 47.5 Å². The molecule has 4 nitrogen and oxygen atoms in total. The molecule has 0 unspecified atom stereocenters. The lowest BCUT2D eigenvalue weighted by Gasteiger charge is -2.11. The van der Waals surface area contributed by atoms with Crippen LogP contribution < -0.4 is 11.1 Å². The van der Waals surface area contributed by atoms with Gasteiger partial charge in [0.25, 0.3) is 0 Å². The van der Waals surface area contributed by atoms with Crippen molar-refractivity contribution < 1.29 is 4.39 Å². The third-order valence-corrected chi connectivity index (χ3v) is 2.88. The quantitative estimate of drug-likeness (QED) is 0.822. The highest BCUT2D eigenvalue weighted by Gasteiger charge is 2.10. The molecule has 2 aromatic rings. The predicted molar refractivity (Wildman–Crippen MR) is 77.7 cm³/mol. The van der Waals surface area contributed by atoms with E-state index in [0.717, 1.165) is 5.56 Å². The van der Waals surface area contributed by atoms with Crippen LogP contribution in [0.5, 0.6) is 0 Å². The van der Waals surface area contributed by atoms with Gasteiger partial charge in [-0.25, -0.2) is 4.39 Å². The topological polar surface area (TPSA) is 55.9 Å². The summed E-state index contributed by atoms with van der Waals surface area (Å²) in [5.41, 5.74) is 7.51. The Bertz CT molecular complexity index is 594. The minimum absolute atomic E-state index is 0.0514. The molecule has 19 heavy (non-hydrogen) atoms. The largest absolute Gasteiger partial charge is 0.389 e. The lowest BCUT2D eigenvalue weighted by Crippen LogP contribution is -2.17. The highest BCUT2D eigenvalue weighted by atomic mass is 32.1. The number of nitrogens with two attached hydrogens (primary N) is 1. The van der Waals surface area contributed by atoms with Gasteiger partial charge in [0.2, 0.25) is 0 Å². The summed E-state index contributed by atoms with van der Waals surface area (Å²) in [5.74, 6) is -0.410. The summed E-state index contributed by atoms with van der Waals surface area (Å²) in [6, 6.07) is 4.72. The Hall–Kier alpha value is -1.95. The third kappa shape index (κ3) is 3.29. The first-order valence-electron chi connectivity index (χ1n) is 5.89. The van der Waals surface area contributed by atoms with E-state index in [2.05, 4.69) is 10.4 Å². The molecular weight excluding hydrogens is 263 g/mol. The molecule has 3 N–H and O–H groups in total. The van der Waals surface area contributed by atoms with Crippen LogP contribution in [-0.4, -0.2) is 21.3 Å². The lowest BCUT2D eigenvalue weighted by molar-refractivity contribution is 0.623. The summed E-state index contributed by atoms with van der Waals surface area (Å²) in [7, 11) is 0. The van der Waals surface area contributed by atoms with Gasteiger partial charge in [0.05, 0.1) is 18.3 Å². The minimum Gasteiger partial charge on any atom is -0.389 e. The van der Waals surface area contributed by atoms with Gasteiger partial charge in [-0.15, -0.1) is 0 Å². The molecule has 100 valence electrons. The van der Waals surface area contributed by atoms with E-state index >= 15 is 0 Å². The number of aromatic nitrogens is 2. The van der Waals surface area contributed by atoms with E-state index in [1.807, 2.05) is 17.8 Å². The van der Waals surface area contributed by atoms with Gasteiger partial charge < -0.3 is 11.1 Å². The Morgan fingerprint density at radius 2 is 2.32 bits per heavy atom. The molecule has 1 aromatic heterocycles. The molecule has 1 heterocycles. The maximum Gasteiger partial charge on any atom is 0.135 e. The second-order valence-electron chi connectivity index (χ2n) is 4.23. The summed E-state index contributed by atoms with van der Waals surface area (Å²) < 4.78 is 15.5. The molecule has 0 atom stereocenters. The highest BCUT2D eigenvalue weighted by Crippen LogP contribution is 2.18. The van der Waals surface area contributed by atoms with Crippen LogP contribution in [0.3, 0.4) is 0 Å². The first kappa shape index (κ1) is 13.5. The van der Waals surface area contributed by atoms with Crippen molar-refractivity contribution in [2.75, 3.05) is 11.9 Å². The van der Waals surface area contributed by atoms with Crippen molar-refractivity contribution in [3.8, 4) is 0 Å². The smallest absolute Gasteiger partial charge is 0.135 e. The van der Waals surface area contributed by atoms with Crippen molar-refractivity contribution in [1.29, 1.82) is 0 Å². The number of hydrogen-bond acceptors (Lipinski definition) is 3. The van der Waals surface area contributed by atoms with Gasteiger partial charge in [-0.1, -0.05) is 18.3 Å². The monoisotopic (exact) mass is 278 g/mol. The summed E-state index contributed by atoms with van der Waals surface area (Å²) in [6.45, 7) is 3.27. The average Bonchev–Trinajstić information content (AvgIpc) is 2.74. The van der Waals surface area contributed by atoms with E-state index in [-0.39, 0.29) is 10.6 Å². The van der Waals surface area contributed by atoms with E-state index in [1.165, 1.54) is 6.07 Å². The molecule has 0 saturated carbocycles. The number of hydrogen-bond donors (Lipinski definition) is 2. The van der Waals surface area contributed by atoms with Gasteiger partial charge in [-0.3, -0.25) is 4.68 Å². The number of halogens is 1. The molecule has 0 bridgehead atoms. The number of aryl methyl sites for hydroxylation is 1. The fourth-order valence-electron chi connectivity index (χ4n) is 1.82. The number of nitrogens with one attached hydrogen (secondary N) is 1. The molecular formula is C13H15FN4S. The van der Waals surface area contributed by atoms with Crippen LogP contribution >= 0.6 is 12.2 Å². The standard InChI is InChI=1S/C13H15FN4S/c1-9-7-17-18(8-9)6-5-16-11-4-2-3-10(14)12(11)13(15)19/h2-4,7-8,16H,5-6H2,1H3,(H2,15,19). The van der Waals surface area contributed by atoms with Crippen LogP contribution in [0, 0.1) is 12.7 Å². The molecule has 0 aliphatic rings. The fraction of sp³-hybridized carbons (Fsp3) is 0.231. The van der Waals surface area contributed by atoms with Crippen LogP contribution in [0.1, 0.15) is 11.1 Å². The van der Waals surface area contributed by atoms with E-state index in [9.17, 15) is 4.39 Å². The predicted octanol–water partition coefficient (Wildman–Crippen LogP) is 2.08. The second-order valence-corrected chi connectivity index (χ2v) is 4.67. The number of thiocarbonyl (C=S) groups is 1. The molecule has 0 aliphatic carbocycles. The van der Waals surface area contributed by atoms with Crippen LogP contribution in [0.25, 0.3) is 0 Å². The number of rotatable bonds is 5. The van der Waals surface area contributed by atoms with Crippen LogP contribution in [0.4, 0.5) is 10.1 Å². The number of benzene rings is 1. The van der Waals surface area contributed by atoms with Crippen LogP contribution in [0.15, 0.2) is 30.6 Å². The minimum atomic E-state index is -0.410. The molecule has 0 aliphatic heterocycles. The second kappa shape index (κ2) is 5.79. The Labute approximate surface area is 116 Å². The number of anilines is 1. The molecule has 0 radical (unpaired) electrons.